The molecule has 0 aliphatic heterocycles. The standard InChI is InChI=1S/C13H18O4/c1-9-12(13(14)15)6-11(17-9)8-16-7-10-4-2-3-5-10/h6,10H,2-5,7-8H2,1H3,(H,14,15). The Morgan fingerprint density at radius 1 is 1.53 bits per heavy atom. The number of rotatable bonds is 5. The molecule has 0 spiro atoms. The number of carboxylic acids is 1. The Hall–Kier alpha value is -1.29. The van der Waals surface area contributed by atoms with Gasteiger partial charge >= 0.3 is 5.97 Å². The van der Waals surface area contributed by atoms with Crippen LogP contribution in [0.1, 0.15) is 47.6 Å². The van der Waals surface area contributed by atoms with E-state index < -0.39 is 5.97 Å². The van der Waals surface area contributed by atoms with Gasteiger partial charge in [0.1, 0.15) is 23.7 Å². The average Bonchev–Trinajstić information content (AvgIpc) is 2.88. The smallest absolute Gasteiger partial charge is 0.339 e. The largest absolute Gasteiger partial charge is 0.478 e. The van der Waals surface area contributed by atoms with E-state index in [1.165, 1.54) is 25.7 Å². The zero-order valence-corrected chi connectivity index (χ0v) is 10.1. The molecule has 0 radical (unpaired) electrons. The molecule has 1 N–H and O–H groups in total. The highest BCUT2D eigenvalue weighted by atomic mass is 16.5. The first-order valence-corrected chi connectivity index (χ1v) is 6.07. The molecule has 1 aromatic heterocycles. The van der Waals surface area contributed by atoms with Crippen LogP contribution in [0.2, 0.25) is 0 Å². The van der Waals surface area contributed by atoms with Crippen molar-refractivity contribution >= 4 is 5.97 Å². The Morgan fingerprint density at radius 2 is 2.24 bits per heavy atom. The number of ether oxygens (including phenoxy) is 1. The third-order valence-corrected chi connectivity index (χ3v) is 3.27. The maximum Gasteiger partial charge on any atom is 0.339 e. The van der Waals surface area contributed by atoms with Crippen molar-refractivity contribution in [3.63, 3.8) is 0 Å². The first-order valence-electron chi connectivity index (χ1n) is 6.07. The lowest BCUT2D eigenvalue weighted by Gasteiger charge is -2.08. The molecule has 2 rings (SSSR count). The average molecular weight is 238 g/mol. The minimum atomic E-state index is -0.951. The summed E-state index contributed by atoms with van der Waals surface area (Å²) in [5, 5.41) is 8.88. The van der Waals surface area contributed by atoms with Crippen molar-refractivity contribution < 1.29 is 19.1 Å². The van der Waals surface area contributed by atoms with E-state index in [0.717, 1.165) is 6.61 Å². The minimum absolute atomic E-state index is 0.226. The summed E-state index contributed by atoms with van der Waals surface area (Å²) in [6.45, 7) is 2.77. The van der Waals surface area contributed by atoms with Crippen molar-refractivity contribution in [3.05, 3.63) is 23.2 Å². The second kappa shape index (κ2) is 5.36. The molecular weight excluding hydrogens is 220 g/mol. The van der Waals surface area contributed by atoms with Crippen LogP contribution in [0.25, 0.3) is 0 Å². The Balaban J connectivity index is 1.82. The topological polar surface area (TPSA) is 59.7 Å². The van der Waals surface area contributed by atoms with Crippen molar-refractivity contribution in [3.8, 4) is 0 Å². The molecule has 1 aliphatic rings. The summed E-state index contributed by atoms with van der Waals surface area (Å²) in [6.07, 6.45) is 5.10. The summed E-state index contributed by atoms with van der Waals surface area (Å²) in [5.74, 6) is 0.758. The molecule has 1 saturated carbocycles. The van der Waals surface area contributed by atoms with Crippen molar-refractivity contribution in [1.29, 1.82) is 0 Å². The number of aromatic carboxylic acids is 1. The van der Waals surface area contributed by atoms with Gasteiger partial charge in [-0.05, 0) is 31.7 Å². The van der Waals surface area contributed by atoms with Crippen molar-refractivity contribution in [1.82, 2.24) is 0 Å². The van der Waals surface area contributed by atoms with Gasteiger partial charge in [0.25, 0.3) is 0 Å². The van der Waals surface area contributed by atoms with E-state index in [1.54, 1.807) is 13.0 Å². The van der Waals surface area contributed by atoms with E-state index in [2.05, 4.69) is 0 Å². The highest BCUT2D eigenvalue weighted by Crippen LogP contribution is 2.25. The van der Waals surface area contributed by atoms with Gasteiger partial charge in [-0.2, -0.15) is 0 Å². The Kier molecular flexibility index (Phi) is 3.84. The molecule has 1 fully saturated rings. The third-order valence-electron chi connectivity index (χ3n) is 3.27. The number of hydrogen-bond acceptors (Lipinski definition) is 3. The molecule has 0 amide bonds. The summed E-state index contributed by atoms with van der Waals surface area (Å²) in [6, 6.07) is 1.55. The maximum absolute atomic E-state index is 10.8. The van der Waals surface area contributed by atoms with Gasteiger partial charge in [-0.1, -0.05) is 12.8 Å². The fourth-order valence-electron chi connectivity index (χ4n) is 2.33. The Morgan fingerprint density at radius 3 is 2.82 bits per heavy atom. The van der Waals surface area contributed by atoms with Crippen LogP contribution >= 0.6 is 0 Å². The molecule has 94 valence electrons. The van der Waals surface area contributed by atoms with Crippen molar-refractivity contribution in [2.24, 2.45) is 5.92 Å². The maximum atomic E-state index is 10.8. The molecule has 0 unspecified atom stereocenters. The van der Waals surface area contributed by atoms with Crippen LogP contribution < -0.4 is 0 Å². The van der Waals surface area contributed by atoms with Crippen LogP contribution in [0.15, 0.2) is 10.5 Å². The Labute approximate surface area is 101 Å². The predicted octanol–water partition coefficient (Wildman–Crippen LogP) is 2.99. The number of carbonyl (C=O) groups is 1. The summed E-state index contributed by atoms with van der Waals surface area (Å²) < 4.78 is 10.9. The lowest BCUT2D eigenvalue weighted by atomic mass is 10.1. The number of carboxylic acid groups (broad SMARTS) is 1. The molecule has 0 bridgehead atoms. The first kappa shape index (κ1) is 12.2. The second-order valence-electron chi connectivity index (χ2n) is 4.65. The molecule has 4 nitrogen and oxygen atoms in total. The van der Waals surface area contributed by atoms with Crippen molar-refractivity contribution in [2.45, 2.75) is 39.2 Å². The molecule has 0 atom stereocenters. The van der Waals surface area contributed by atoms with E-state index >= 15 is 0 Å². The molecule has 0 saturated heterocycles. The predicted molar refractivity (Wildman–Crippen MR) is 62.0 cm³/mol. The van der Waals surface area contributed by atoms with Gasteiger partial charge in [0, 0.05) is 6.61 Å². The van der Waals surface area contributed by atoms with Gasteiger partial charge in [0.05, 0.1) is 0 Å². The molecule has 1 heterocycles. The van der Waals surface area contributed by atoms with Crippen LogP contribution in [-0.2, 0) is 11.3 Å². The lowest BCUT2D eigenvalue weighted by Crippen LogP contribution is -2.04. The first-order chi connectivity index (χ1) is 8.16. The van der Waals surface area contributed by atoms with E-state index in [1.807, 2.05) is 0 Å². The van der Waals surface area contributed by atoms with Gasteiger partial charge in [-0.3, -0.25) is 0 Å². The van der Waals surface area contributed by atoms with E-state index in [4.69, 9.17) is 14.3 Å². The van der Waals surface area contributed by atoms with Crippen LogP contribution in [0, 0.1) is 12.8 Å². The second-order valence-corrected chi connectivity index (χ2v) is 4.65. The number of furan rings is 1. The summed E-state index contributed by atoms with van der Waals surface area (Å²) in [4.78, 5) is 10.8. The highest BCUT2D eigenvalue weighted by Gasteiger charge is 2.16. The van der Waals surface area contributed by atoms with Gasteiger partial charge < -0.3 is 14.3 Å². The van der Waals surface area contributed by atoms with Crippen LogP contribution in [0.4, 0.5) is 0 Å². The van der Waals surface area contributed by atoms with Crippen LogP contribution in [0.3, 0.4) is 0 Å². The molecule has 0 aromatic carbocycles. The van der Waals surface area contributed by atoms with E-state index in [0.29, 0.717) is 24.0 Å². The van der Waals surface area contributed by atoms with Gasteiger partial charge in [-0.15, -0.1) is 0 Å². The SMILES string of the molecule is Cc1oc(COCC2CCCC2)cc1C(=O)O. The van der Waals surface area contributed by atoms with E-state index in [9.17, 15) is 4.79 Å². The quantitative estimate of drug-likeness (QED) is 0.856. The normalized spacial score (nSPS) is 16.5. The monoisotopic (exact) mass is 238 g/mol. The summed E-state index contributed by atoms with van der Waals surface area (Å²) in [7, 11) is 0. The van der Waals surface area contributed by atoms with Crippen LogP contribution in [0.5, 0.6) is 0 Å². The lowest BCUT2D eigenvalue weighted by molar-refractivity contribution is 0.0695. The van der Waals surface area contributed by atoms with Gasteiger partial charge in [-0.25, -0.2) is 4.79 Å². The van der Waals surface area contributed by atoms with Crippen LogP contribution in [-0.4, -0.2) is 17.7 Å². The summed E-state index contributed by atoms with van der Waals surface area (Å²) >= 11 is 0. The molecule has 1 aliphatic carbocycles. The molecule has 1 aromatic rings. The highest BCUT2D eigenvalue weighted by molar-refractivity contribution is 5.88. The van der Waals surface area contributed by atoms with Gasteiger partial charge in [0.15, 0.2) is 0 Å². The molecular formula is C13H18O4. The zero-order chi connectivity index (χ0) is 12.3. The number of aryl methyl sites for hydroxylation is 1. The summed E-state index contributed by atoms with van der Waals surface area (Å²) in [5.41, 5.74) is 0.226. The zero-order valence-electron chi connectivity index (χ0n) is 10.1. The fourth-order valence-corrected chi connectivity index (χ4v) is 2.33. The van der Waals surface area contributed by atoms with E-state index in [-0.39, 0.29) is 5.56 Å². The molecule has 4 heteroatoms. The van der Waals surface area contributed by atoms with Gasteiger partial charge in [0.2, 0.25) is 0 Å². The third kappa shape index (κ3) is 3.09. The van der Waals surface area contributed by atoms with Crippen molar-refractivity contribution in [2.75, 3.05) is 6.61 Å². The fraction of sp³-hybridized carbons (Fsp3) is 0.615. The minimum Gasteiger partial charge on any atom is -0.478 e. The molecule has 17 heavy (non-hydrogen) atoms. The number of hydrogen-bond donors (Lipinski definition) is 1. The Bertz CT molecular complexity index is 388.